The Balaban J connectivity index is 1.51. The average Bonchev–Trinajstić information content (AvgIpc) is 3.39. The van der Waals surface area contributed by atoms with Crippen molar-refractivity contribution in [2.75, 3.05) is 39.3 Å². The molecule has 6 nitrogen and oxygen atoms in total. The maximum absolute atomic E-state index is 13.3. The molecule has 148 valence electrons. The van der Waals surface area contributed by atoms with Gasteiger partial charge in [0.05, 0.1) is 18.5 Å². The fourth-order valence-corrected chi connectivity index (χ4v) is 3.79. The number of carbonyl (C=O) groups is 1. The molecule has 1 atom stereocenters. The summed E-state index contributed by atoms with van der Waals surface area (Å²) in [6, 6.07) is 9.65. The lowest BCUT2D eigenvalue weighted by atomic mass is 10.0. The van der Waals surface area contributed by atoms with Gasteiger partial charge in [0.1, 0.15) is 17.6 Å². The van der Waals surface area contributed by atoms with Crippen LogP contribution in [0, 0.1) is 5.82 Å². The third-order valence-corrected chi connectivity index (χ3v) is 5.49. The van der Waals surface area contributed by atoms with Gasteiger partial charge in [-0.15, -0.1) is 0 Å². The molecule has 0 N–H and O–H groups in total. The SMILES string of the molecule is CCN1CCN(CC(=O)N2N=C(c3ccc(F)cc3)C[C@@H]2c2ccco2)CC1. The van der Waals surface area contributed by atoms with Gasteiger partial charge >= 0.3 is 0 Å². The van der Waals surface area contributed by atoms with Crippen molar-refractivity contribution in [3.05, 3.63) is 59.8 Å². The summed E-state index contributed by atoms with van der Waals surface area (Å²) in [5.74, 6) is 0.387. The molecule has 1 aromatic carbocycles. The first-order chi connectivity index (χ1) is 13.6. The number of piperazine rings is 1. The van der Waals surface area contributed by atoms with Crippen molar-refractivity contribution in [2.45, 2.75) is 19.4 Å². The van der Waals surface area contributed by atoms with Crippen molar-refractivity contribution in [1.29, 1.82) is 0 Å². The van der Waals surface area contributed by atoms with Crippen LogP contribution in [0.15, 0.2) is 52.2 Å². The molecule has 1 aromatic heterocycles. The quantitative estimate of drug-likeness (QED) is 0.796. The van der Waals surface area contributed by atoms with Gasteiger partial charge in [-0.1, -0.05) is 19.1 Å². The summed E-state index contributed by atoms with van der Waals surface area (Å²) in [4.78, 5) is 17.6. The first-order valence-corrected chi connectivity index (χ1v) is 9.77. The Morgan fingerprint density at radius 3 is 2.50 bits per heavy atom. The Labute approximate surface area is 164 Å². The first kappa shape index (κ1) is 18.8. The summed E-state index contributed by atoms with van der Waals surface area (Å²) in [6.45, 7) is 7.27. The van der Waals surface area contributed by atoms with Crippen LogP contribution in [-0.2, 0) is 4.79 Å². The summed E-state index contributed by atoms with van der Waals surface area (Å²) in [6.07, 6.45) is 2.16. The zero-order chi connectivity index (χ0) is 19.5. The van der Waals surface area contributed by atoms with Gasteiger partial charge < -0.3 is 9.32 Å². The number of benzene rings is 1. The molecule has 1 amide bonds. The molecular weight excluding hydrogens is 359 g/mol. The first-order valence-electron chi connectivity index (χ1n) is 9.77. The largest absolute Gasteiger partial charge is 0.467 e. The number of halogens is 1. The molecule has 4 rings (SSSR count). The number of hydrogen-bond acceptors (Lipinski definition) is 5. The van der Waals surface area contributed by atoms with Gasteiger partial charge in [0.15, 0.2) is 0 Å². The van der Waals surface area contributed by atoms with E-state index in [1.165, 1.54) is 12.1 Å². The predicted molar refractivity (Wildman–Crippen MR) is 104 cm³/mol. The summed E-state index contributed by atoms with van der Waals surface area (Å²) in [5.41, 5.74) is 1.59. The second-order valence-corrected chi connectivity index (χ2v) is 7.24. The van der Waals surface area contributed by atoms with Crippen LogP contribution < -0.4 is 0 Å². The fraction of sp³-hybridized carbons (Fsp3) is 0.429. The second kappa shape index (κ2) is 8.24. The number of hydrazone groups is 1. The Bertz CT molecular complexity index is 827. The molecule has 0 radical (unpaired) electrons. The van der Waals surface area contributed by atoms with Crippen molar-refractivity contribution in [1.82, 2.24) is 14.8 Å². The van der Waals surface area contributed by atoms with E-state index in [1.807, 2.05) is 12.1 Å². The molecule has 0 bridgehead atoms. The molecule has 0 spiro atoms. The Kier molecular flexibility index (Phi) is 5.54. The third kappa shape index (κ3) is 4.00. The van der Waals surface area contributed by atoms with Crippen LogP contribution in [0.25, 0.3) is 0 Å². The van der Waals surface area contributed by atoms with Crippen molar-refractivity contribution in [3.8, 4) is 0 Å². The Hall–Kier alpha value is -2.51. The lowest BCUT2D eigenvalue weighted by molar-refractivity contribution is -0.135. The summed E-state index contributed by atoms with van der Waals surface area (Å²) < 4.78 is 18.8. The van der Waals surface area contributed by atoms with Crippen LogP contribution in [0.5, 0.6) is 0 Å². The lowest BCUT2D eigenvalue weighted by Crippen LogP contribution is -2.49. The van der Waals surface area contributed by atoms with E-state index in [1.54, 1.807) is 23.4 Å². The van der Waals surface area contributed by atoms with E-state index in [0.29, 0.717) is 18.7 Å². The smallest absolute Gasteiger partial charge is 0.257 e. The summed E-state index contributed by atoms with van der Waals surface area (Å²) in [5, 5.41) is 6.15. The van der Waals surface area contributed by atoms with Gasteiger partial charge in [-0.3, -0.25) is 9.69 Å². The maximum Gasteiger partial charge on any atom is 0.257 e. The van der Waals surface area contributed by atoms with Crippen molar-refractivity contribution >= 4 is 11.6 Å². The minimum absolute atomic E-state index is 0.0385. The summed E-state index contributed by atoms with van der Waals surface area (Å²) >= 11 is 0. The standard InChI is InChI=1S/C21H25FN4O2/c1-2-24-9-11-25(12-10-24)15-21(27)26-19(20-4-3-13-28-20)14-18(23-26)16-5-7-17(22)8-6-16/h3-8,13,19H,2,9-12,14-15H2,1H3/t19-/m1/s1. The lowest BCUT2D eigenvalue weighted by Gasteiger charge is -2.34. The van der Waals surface area contributed by atoms with Crippen molar-refractivity contribution in [2.24, 2.45) is 5.10 Å². The number of carbonyl (C=O) groups excluding carboxylic acids is 1. The third-order valence-electron chi connectivity index (χ3n) is 5.49. The highest BCUT2D eigenvalue weighted by molar-refractivity contribution is 6.03. The molecule has 0 aliphatic carbocycles. The van der Waals surface area contributed by atoms with Gasteiger partial charge in [0.2, 0.25) is 0 Å². The van der Waals surface area contributed by atoms with Gasteiger partial charge in [-0.2, -0.15) is 5.10 Å². The summed E-state index contributed by atoms with van der Waals surface area (Å²) in [7, 11) is 0. The van der Waals surface area contributed by atoms with Gasteiger partial charge in [0, 0.05) is 32.6 Å². The zero-order valence-corrected chi connectivity index (χ0v) is 16.1. The molecule has 2 aromatic rings. The van der Waals surface area contributed by atoms with E-state index in [2.05, 4.69) is 21.8 Å². The number of amides is 1. The van der Waals surface area contributed by atoms with Crippen LogP contribution in [0.4, 0.5) is 4.39 Å². The molecule has 7 heteroatoms. The highest BCUT2D eigenvalue weighted by Crippen LogP contribution is 2.33. The highest BCUT2D eigenvalue weighted by atomic mass is 19.1. The molecular formula is C21H25FN4O2. The number of likely N-dealkylation sites (N-methyl/N-ethyl adjacent to an activating group) is 1. The fourth-order valence-electron chi connectivity index (χ4n) is 3.79. The van der Waals surface area contributed by atoms with E-state index in [4.69, 9.17) is 4.42 Å². The van der Waals surface area contributed by atoms with Crippen LogP contribution in [-0.4, -0.2) is 65.7 Å². The van der Waals surface area contributed by atoms with E-state index in [-0.39, 0.29) is 17.8 Å². The molecule has 0 saturated carbocycles. The predicted octanol–water partition coefficient (Wildman–Crippen LogP) is 2.73. The molecule has 0 unspecified atom stereocenters. The van der Waals surface area contributed by atoms with E-state index in [0.717, 1.165) is 44.0 Å². The van der Waals surface area contributed by atoms with Crippen molar-refractivity contribution < 1.29 is 13.6 Å². The normalized spacial score (nSPS) is 21.1. The number of furan rings is 1. The average molecular weight is 384 g/mol. The molecule has 1 fully saturated rings. The zero-order valence-electron chi connectivity index (χ0n) is 16.1. The Morgan fingerprint density at radius 1 is 1.14 bits per heavy atom. The van der Waals surface area contributed by atoms with Crippen LogP contribution >= 0.6 is 0 Å². The monoisotopic (exact) mass is 384 g/mol. The second-order valence-electron chi connectivity index (χ2n) is 7.24. The molecule has 28 heavy (non-hydrogen) atoms. The number of hydrogen-bond donors (Lipinski definition) is 0. The van der Waals surface area contributed by atoms with Crippen LogP contribution in [0.2, 0.25) is 0 Å². The van der Waals surface area contributed by atoms with Gasteiger partial charge in [0.25, 0.3) is 5.91 Å². The van der Waals surface area contributed by atoms with Crippen LogP contribution in [0.3, 0.4) is 0 Å². The minimum Gasteiger partial charge on any atom is -0.467 e. The van der Waals surface area contributed by atoms with Gasteiger partial charge in [-0.25, -0.2) is 9.40 Å². The molecule has 3 heterocycles. The van der Waals surface area contributed by atoms with E-state index >= 15 is 0 Å². The highest BCUT2D eigenvalue weighted by Gasteiger charge is 2.35. The number of nitrogens with zero attached hydrogens (tertiary/aromatic N) is 4. The number of rotatable bonds is 5. The molecule has 2 aliphatic rings. The minimum atomic E-state index is -0.288. The van der Waals surface area contributed by atoms with Gasteiger partial charge in [-0.05, 0) is 36.4 Å². The van der Waals surface area contributed by atoms with E-state index in [9.17, 15) is 9.18 Å². The maximum atomic E-state index is 13.3. The van der Waals surface area contributed by atoms with Crippen LogP contribution in [0.1, 0.15) is 30.7 Å². The molecule has 1 saturated heterocycles. The Morgan fingerprint density at radius 2 is 1.86 bits per heavy atom. The topological polar surface area (TPSA) is 52.3 Å². The van der Waals surface area contributed by atoms with Crippen molar-refractivity contribution in [3.63, 3.8) is 0 Å². The van der Waals surface area contributed by atoms with E-state index < -0.39 is 0 Å². The molecule has 2 aliphatic heterocycles.